The first-order valence-corrected chi connectivity index (χ1v) is 7.33. The van der Waals surface area contributed by atoms with Gasteiger partial charge in [-0.05, 0) is 13.8 Å². The number of hydrogen-bond donors (Lipinski definition) is 0. The first kappa shape index (κ1) is 15.6. The van der Waals surface area contributed by atoms with Gasteiger partial charge in [0.25, 0.3) is 10.0 Å². The summed E-state index contributed by atoms with van der Waals surface area (Å²) in [5.41, 5.74) is 0. The highest BCUT2D eigenvalue weighted by Gasteiger charge is 2.24. The number of rotatable bonds is 6. The van der Waals surface area contributed by atoms with Crippen LogP contribution in [-0.4, -0.2) is 48.9 Å². The first-order valence-electron chi connectivity index (χ1n) is 5.89. The van der Waals surface area contributed by atoms with E-state index in [0.29, 0.717) is 12.4 Å². The molecule has 0 aliphatic heterocycles. The molecular weight excluding hydrogens is 270 g/mol. The number of ether oxygens (including phenoxy) is 1. The van der Waals surface area contributed by atoms with Crippen molar-refractivity contribution in [3.05, 3.63) is 12.0 Å². The Kier molecular flexibility index (Phi) is 5.07. The molecule has 0 spiro atoms. The fourth-order valence-corrected chi connectivity index (χ4v) is 2.71. The standard InChI is InChI=1S/C11H19N3O4S/c1-5-14-8-10(12-9(14)2)19(16,17)13(3)7-6-11(15)18-4/h8H,5-7H2,1-4H3. The summed E-state index contributed by atoms with van der Waals surface area (Å²) in [7, 11) is -0.979. The average Bonchev–Trinajstić information content (AvgIpc) is 2.77. The number of nitrogens with zero attached hydrogens (tertiary/aromatic N) is 3. The van der Waals surface area contributed by atoms with E-state index in [1.54, 1.807) is 11.5 Å². The molecule has 0 aliphatic rings. The molecule has 1 aromatic rings. The maximum absolute atomic E-state index is 12.2. The van der Waals surface area contributed by atoms with Crippen molar-refractivity contribution in [3.8, 4) is 0 Å². The van der Waals surface area contributed by atoms with E-state index < -0.39 is 16.0 Å². The van der Waals surface area contributed by atoms with Gasteiger partial charge in [0, 0.05) is 26.3 Å². The van der Waals surface area contributed by atoms with Gasteiger partial charge in [0.05, 0.1) is 13.5 Å². The number of methoxy groups -OCH3 is 1. The van der Waals surface area contributed by atoms with Crippen LogP contribution in [0.5, 0.6) is 0 Å². The summed E-state index contributed by atoms with van der Waals surface area (Å²) in [5.74, 6) is 0.194. The van der Waals surface area contributed by atoms with Crippen LogP contribution < -0.4 is 0 Å². The number of carbonyl (C=O) groups excluding carboxylic acids is 1. The molecule has 19 heavy (non-hydrogen) atoms. The molecule has 1 aromatic heterocycles. The lowest BCUT2D eigenvalue weighted by Gasteiger charge is -2.14. The lowest BCUT2D eigenvalue weighted by molar-refractivity contribution is -0.140. The Morgan fingerprint density at radius 1 is 1.53 bits per heavy atom. The van der Waals surface area contributed by atoms with Gasteiger partial charge in [0.15, 0.2) is 5.03 Å². The molecule has 0 atom stereocenters. The Morgan fingerprint density at radius 2 is 2.16 bits per heavy atom. The van der Waals surface area contributed by atoms with Crippen molar-refractivity contribution < 1.29 is 17.9 Å². The van der Waals surface area contributed by atoms with Crippen molar-refractivity contribution in [2.45, 2.75) is 31.8 Å². The van der Waals surface area contributed by atoms with Crippen LogP contribution in [0.2, 0.25) is 0 Å². The Balaban J connectivity index is 2.87. The van der Waals surface area contributed by atoms with Crippen LogP contribution in [0.25, 0.3) is 0 Å². The summed E-state index contributed by atoms with van der Waals surface area (Å²) < 4.78 is 31.8. The zero-order valence-electron chi connectivity index (χ0n) is 11.6. The monoisotopic (exact) mass is 289 g/mol. The SMILES string of the molecule is CCn1cc(S(=O)(=O)N(C)CCC(=O)OC)nc1C. The molecule has 0 fully saturated rings. The van der Waals surface area contributed by atoms with Gasteiger partial charge in [-0.25, -0.2) is 13.4 Å². The predicted octanol–water partition coefficient (Wildman–Crippen LogP) is 0.395. The summed E-state index contributed by atoms with van der Waals surface area (Å²) in [6.07, 6.45) is 1.51. The molecule has 1 rings (SSSR count). The van der Waals surface area contributed by atoms with Crippen molar-refractivity contribution in [3.63, 3.8) is 0 Å². The maximum Gasteiger partial charge on any atom is 0.306 e. The van der Waals surface area contributed by atoms with Gasteiger partial charge < -0.3 is 9.30 Å². The Morgan fingerprint density at radius 3 is 2.63 bits per heavy atom. The molecule has 0 unspecified atom stereocenters. The molecule has 0 radical (unpaired) electrons. The topological polar surface area (TPSA) is 81.5 Å². The quantitative estimate of drug-likeness (QED) is 0.708. The molecule has 0 saturated carbocycles. The number of aromatic nitrogens is 2. The highest BCUT2D eigenvalue weighted by Crippen LogP contribution is 2.14. The molecule has 7 nitrogen and oxygen atoms in total. The van der Waals surface area contributed by atoms with E-state index in [1.165, 1.54) is 20.4 Å². The fraction of sp³-hybridized carbons (Fsp3) is 0.636. The highest BCUT2D eigenvalue weighted by molar-refractivity contribution is 7.89. The summed E-state index contributed by atoms with van der Waals surface area (Å²) in [5, 5.41) is -0.000726. The zero-order chi connectivity index (χ0) is 14.6. The summed E-state index contributed by atoms with van der Waals surface area (Å²) in [6, 6.07) is 0. The van der Waals surface area contributed by atoms with Crippen LogP contribution in [0.4, 0.5) is 0 Å². The molecule has 0 aliphatic carbocycles. The average molecular weight is 289 g/mol. The Hall–Kier alpha value is -1.41. The summed E-state index contributed by atoms with van der Waals surface area (Å²) in [6.45, 7) is 4.37. The van der Waals surface area contributed by atoms with Crippen LogP contribution in [-0.2, 0) is 26.1 Å². The van der Waals surface area contributed by atoms with E-state index in [4.69, 9.17) is 0 Å². The largest absolute Gasteiger partial charge is 0.469 e. The second-order valence-corrected chi connectivity index (χ2v) is 6.06. The molecule has 0 saturated heterocycles. The number of imidazole rings is 1. The molecular formula is C11H19N3O4S. The molecule has 0 aromatic carbocycles. The number of aryl methyl sites for hydroxylation is 2. The van der Waals surface area contributed by atoms with E-state index in [1.807, 2.05) is 6.92 Å². The molecule has 108 valence electrons. The van der Waals surface area contributed by atoms with Gasteiger partial charge in [-0.1, -0.05) is 0 Å². The second kappa shape index (κ2) is 6.16. The van der Waals surface area contributed by atoms with Gasteiger partial charge in [0.1, 0.15) is 5.82 Å². The minimum atomic E-state index is -3.66. The third kappa shape index (κ3) is 3.54. The van der Waals surface area contributed by atoms with Crippen molar-refractivity contribution >= 4 is 16.0 Å². The van der Waals surface area contributed by atoms with Gasteiger partial charge in [-0.15, -0.1) is 0 Å². The molecule has 0 bridgehead atoms. The number of sulfonamides is 1. The number of carbonyl (C=O) groups is 1. The van der Waals surface area contributed by atoms with Gasteiger partial charge in [-0.2, -0.15) is 4.31 Å². The van der Waals surface area contributed by atoms with Crippen molar-refractivity contribution in [2.75, 3.05) is 20.7 Å². The molecule has 1 heterocycles. The summed E-state index contributed by atoms with van der Waals surface area (Å²) in [4.78, 5) is 15.1. The Labute approximate surface area is 113 Å². The molecule has 0 N–H and O–H groups in total. The fourth-order valence-electron chi connectivity index (χ4n) is 1.55. The zero-order valence-corrected chi connectivity index (χ0v) is 12.4. The van der Waals surface area contributed by atoms with Crippen molar-refractivity contribution in [1.29, 1.82) is 0 Å². The van der Waals surface area contributed by atoms with E-state index in [0.717, 1.165) is 4.31 Å². The van der Waals surface area contributed by atoms with Crippen LogP contribution in [0, 0.1) is 6.92 Å². The van der Waals surface area contributed by atoms with Gasteiger partial charge in [-0.3, -0.25) is 4.79 Å². The normalized spacial score (nSPS) is 11.8. The van der Waals surface area contributed by atoms with Gasteiger partial charge in [0.2, 0.25) is 0 Å². The predicted molar refractivity (Wildman–Crippen MR) is 69.1 cm³/mol. The Bertz CT molecular complexity index is 550. The van der Waals surface area contributed by atoms with Crippen LogP contribution in [0.1, 0.15) is 19.2 Å². The van der Waals surface area contributed by atoms with Crippen molar-refractivity contribution in [1.82, 2.24) is 13.9 Å². The van der Waals surface area contributed by atoms with Crippen LogP contribution in [0.15, 0.2) is 11.2 Å². The second-order valence-electron chi connectivity index (χ2n) is 4.07. The summed E-state index contributed by atoms with van der Waals surface area (Å²) >= 11 is 0. The van der Waals surface area contributed by atoms with Crippen LogP contribution in [0.3, 0.4) is 0 Å². The first-order chi connectivity index (χ1) is 8.82. The minimum absolute atomic E-state index is 0.000726. The molecule has 8 heteroatoms. The highest BCUT2D eigenvalue weighted by atomic mass is 32.2. The van der Waals surface area contributed by atoms with E-state index in [2.05, 4.69) is 9.72 Å². The lowest BCUT2D eigenvalue weighted by atomic mass is 10.4. The van der Waals surface area contributed by atoms with Crippen molar-refractivity contribution in [2.24, 2.45) is 0 Å². The number of hydrogen-bond acceptors (Lipinski definition) is 5. The maximum atomic E-state index is 12.2. The van der Waals surface area contributed by atoms with E-state index in [-0.39, 0.29) is 18.0 Å². The van der Waals surface area contributed by atoms with E-state index in [9.17, 15) is 13.2 Å². The third-order valence-corrected chi connectivity index (χ3v) is 4.56. The van der Waals surface area contributed by atoms with Crippen LogP contribution >= 0.6 is 0 Å². The molecule has 0 amide bonds. The minimum Gasteiger partial charge on any atom is -0.469 e. The van der Waals surface area contributed by atoms with E-state index >= 15 is 0 Å². The third-order valence-electron chi connectivity index (χ3n) is 2.83. The van der Waals surface area contributed by atoms with Gasteiger partial charge >= 0.3 is 5.97 Å². The smallest absolute Gasteiger partial charge is 0.306 e. The number of esters is 1. The lowest BCUT2D eigenvalue weighted by Crippen LogP contribution is -2.29.